The number of alkyl halides is 3. The fraction of sp³-hybridized carbons (Fsp3) is 0.588. The van der Waals surface area contributed by atoms with Gasteiger partial charge >= 0.3 is 6.18 Å². The van der Waals surface area contributed by atoms with Gasteiger partial charge in [-0.2, -0.15) is 13.2 Å². The smallest absolute Gasteiger partial charge is 0.384 e. The van der Waals surface area contributed by atoms with Crippen molar-refractivity contribution in [2.75, 3.05) is 26.8 Å². The van der Waals surface area contributed by atoms with Gasteiger partial charge in [-0.25, -0.2) is 4.98 Å². The van der Waals surface area contributed by atoms with Gasteiger partial charge in [-0.3, -0.25) is 4.79 Å². The summed E-state index contributed by atoms with van der Waals surface area (Å²) in [7, 11) is 1.52. The maximum absolute atomic E-state index is 13.5. The van der Waals surface area contributed by atoms with Gasteiger partial charge in [0.1, 0.15) is 0 Å². The van der Waals surface area contributed by atoms with Gasteiger partial charge < -0.3 is 14.2 Å². The van der Waals surface area contributed by atoms with E-state index in [0.29, 0.717) is 32.5 Å². The largest absolute Gasteiger partial charge is 0.417 e. The molecule has 2 aromatic rings. The number of aromatic nitrogens is 2. The van der Waals surface area contributed by atoms with Crippen molar-refractivity contribution in [2.45, 2.75) is 38.3 Å². The van der Waals surface area contributed by atoms with E-state index in [-0.39, 0.29) is 40.7 Å². The summed E-state index contributed by atoms with van der Waals surface area (Å²) in [4.78, 5) is 17.9. The molecule has 3 heterocycles. The molecule has 0 bridgehead atoms. The number of hydrogen-bond donors (Lipinski definition) is 0. The number of ether oxygens (including phenoxy) is 1. The molecule has 3 rings (SSSR count). The molecule has 1 aliphatic heterocycles. The van der Waals surface area contributed by atoms with Crippen molar-refractivity contribution in [1.29, 1.82) is 0 Å². The molecule has 1 aliphatic rings. The monoisotopic (exact) mass is 371 g/mol. The summed E-state index contributed by atoms with van der Waals surface area (Å²) in [6.45, 7) is 2.69. The lowest BCUT2D eigenvalue weighted by Gasteiger charge is -2.32. The summed E-state index contributed by atoms with van der Waals surface area (Å²) in [5.41, 5.74) is -0.467. The Bertz CT molecular complexity index is 804. The first-order chi connectivity index (χ1) is 12.3. The number of aryl methyl sites for hydroxylation is 1. The molecule has 1 atom stereocenters. The molecule has 0 radical (unpaired) electrons. The van der Waals surface area contributed by atoms with Gasteiger partial charge in [0, 0.05) is 31.8 Å². The molecule has 0 aliphatic carbocycles. The maximum Gasteiger partial charge on any atom is 0.417 e. The van der Waals surface area contributed by atoms with Crippen LogP contribution in [0.25, 0.3) is 11.1 Å². The van der Waals surface area contributed by atoms with Crippen molar-refractivity contribution in [3.63, 3.8) is 0 Å². The minimum Gasteiger partial charge on any atom is -0.384 e. The van der Waals surface area contributed by atoms with Crippen LogP contribution in [-0.4, -0.2) is 47.8 Å². The number of piperidine rings is 1. The predicted molar refractivity (Wildman–Crippen MR) is 86.6 cm³/mol. The van der Waals surface area contributed by atoms with Crippen LogP contribution in [-0.2, 0) is 15.7 Å². The minimum atomic E-state index is -4.53. The zero-order chi connectivity index (χ0) is 18.9. The zero-order valence-electron chi connectivity index (χ0n) is 14.6. The normalized spacial score (nSPS) is 18.5. The van der Waals surface area contributed by atoms with Crippen molar-refractivity contribution < 1.29 is 27.2 Å². The average molecular weight is 371 g/mol. The van der Waals surface area contributed by atoms with Crippen LogP contribution in [0.2, 0.25) is 0 Å². The van der Waals surface area contributed by atoms with E-state index in [0.717, 1.165) is 6.07 Å². The van der Waals surface area contributed by atoms with Crippen LogP contribution in [0.15, 0.2) is 10.6 Å². The summed E-state index contributed by atoms with van der Waals surface area (Å²) >= 11 is 0. The molecule has 0 aromatic carbocycles. The van der Waals surface area contributed by atoms with Gasteiger partial charge in [0.2, 0.25) is 5.91 Å². The van der Waals surface area contributed by atoms with Gasteiger partial charge in [0.15, 0.2) is 0 Å². The number of carbonyl (C=O) groups excluding carboxylic acids is 1. The number of hydrogen-bond acceptors (Lipinski definition) is 5. The number of pyridine rings is 1. The molecule has 142 valence electrons. The molecule has 0 N–H and O–H groups in total. The van der Waals surface area contributed by atoms with E-state index in [1.165, 1.54) is 14.0 Å². The Morgan fingerprint density at radius 2 is 2.23 bits per heavy atom. The Morgan fingerprint density at radius 1 is 1.46 bits per heavy atom. The van der Waals surface area contributed by atoms with Gasteiger partial charge in [0.05, 0.1) is 29.7 Å². The molecule has 1 fully saturated rings. The lowest BCUT2D eigenvalue weighted by molar-refractivity contribution is -0.136. The Hall–Kier alpha value is -2.16. The van der Waals surface area contributed by atoms with Gasteiger partial charge in [-0.15, -0.1) is 0 Å². The minimum absolute atomic E-state index is 0.0747. The molecule has 0 saturated carbocycles. The number of halogens is 3. The van der Waals surface area contributed by atoms with E-state index in [1.807, 2.05) is 0 Å². The molecule has 26 heavy (non-hydrogen) atoms. The summed E-state index contributed by atoms with van der Waals surface area (Å²) in [5.74, 6) is -0.392. The third-order valence-electron chi connectivity index (χ3n) is 4.59. The second kappa shape index (κ2) is 7.22. The fourth-order valence-electron chi connectivity index (χ4n) is 3.37. The first-order valence-corrected chi connectivity index (χ1v) is 8.42. The number of nitrogens with zero attached hydrogens (tertiary/aromatic N) is 3. The highest BCUT2D eigenvalue weighted by molar-refractivity contribution is 5.82. The van der Waals surface area contributed by atoms with E-state index in [2.05, 4.69) is 10.1 Å². The topological polar surface area (TPSA) is 68.5 Å². The molecular formula is C17H20F3N3O3. The third-order valence-corrected chi connectivity index (χ3v) is 4.59. The van der Waals surface area contributed by atoms with Crippen LogP contribution in [0.1, 0.15) is 42.1 Å². The molecule has 0 spiro atoms. The summed E-state index contributed by atoms with van der Waals surface area (Å²) in [6.07, 6.45) is -2.95. The molecule has 6 nitrogen and oxygen atoms in total. The highest BCUT2D eigenvalue weighted by Gasteiger charge is 2.38. The molecular weight excluding hydrogens is 351 g/mol. The Morgan fingerprint density at radius 3 is 2.92 bits per heavy atom. The first-order valence-electron chi connectivity index (χ1n) is 8.42. The van der Waals surface area contributed by atoms with Crippen LogP contribution in [0, 0.1) is 6.92 Å². The second-order valence-corrected chi connectivity index (χ2v) is 6.48. The molecule has 1 amide bonds. The van der Waals surface area contributed by atoms with Crippen molar-refractivity contribution in [2.24, 2.45) is 0 Å². The van der Waals surface area contributed by atoms with Crippen LogP contribution in [0.3, 0.4) is 0 Å². The van der Waals surface area contributed by atoms with E-state index in [9.17, 15) is 18.0 Å². The molecule has 1 saturated heterocycles. The number of methoxy groups -OCH3 is 1. The highest BCUT2D eigenvalue weighted by Crippen LogP contribution is 2.39. The summed E-state index contributed by atoms with van der Waals surface area (Å²) < 4.78 is 50.5. The Labute approximate surface area is 148 Å². The van der Waals surface area contributed by atoms with Crippen LogP contribution >= 0.6 is 0 Å². The van der Waals surface area contributed by atoms with E-state index in [1.54, 1.807) is 4.90 Å². The Kier molecular flexibility index (Phi) is 5.17. The van der Waals surface area contributed by atoms with Crippen molar-refractivity contribution in [3.8, 4) is 0 Å². The molecule has 9 heteroatoms. The number of rotatable bonds is 4. The average Bonchev–Trinajstić information content (AvgIpc) is 3.01. The van der Waals surface area contributed by atoms with E-state index < -0.39 is 11.7 Å². The molecule has 0 unspecified atom stereocenters. The van der Waals surface area contributed by atoms with Crippen LogP contribution in [0.5, 0.6) is 0 Å². The fourth-order valence-corrected chi connectivity index (χ4v) is 3.37. The number of fused-ring (bicyclic) bond motifs is 1. The lowest BCUT2D eigenvalue weighted by atomic mass is 9.91. The van der Waals surface area contributed by atoms with E-state index in [4.69, 9.17) is 9.26 Å². The van der Waals surface area contributed by atoms with Crippen molar-refractivity contribution in [1.82, 2.24) is 15.0 Å². The second-order valence-electron chi connectivity index (χ2n) is 6.48. The van der Waals surface area contributed by atoms with Crippen LogP contribution in [0.4, 0.5) is 13.2 Å². The number of likely N-dealkylation sites (tertiary alicyclic amines) is 1. The zero-order valence-corrected chi connectivity index (χ0v) is 14.6. The number of carbonyl (C=O) groups is 1. The first kappa shape index (κ1) is 18.6. The van der Waals surface area contributed by atoms with E-state index >= 15 is 0 Å². The highest BCUT2D eigenvalue weighted by atomic mass is 19.4. The SMILES string of the molecule is COCCC(=O)N1CCC[C@@H](c2noc3nc(C)cc(C(F)(F)F)c23)C1. The molecule has 2 aromatic heterocycles. The quantitative estimate of drug-likeness (QED) is 0.825. The van der Waals surface area contributed by atoms with Gasteiger partial charge in [0.25, 0.3) is 5.71 Å². The van der Waals surface area contributed by atoms with Crippen molar-refractivity contribution >= 4 is 17.0 Å². The maximum atomic E-state index is 13.5. The van der Waals surface area contributed by atoms with Crippen LogP contribution < -0.4 is 0 Å². The third kappa shape index (κ3) is 3.67. The predicted octanol–water partition coefficient (Wildman–Crippen LogP) is 3.29. The van der Waals surface area contributed by atoms with Gasteiger partial charge in [-0.1, -0.05) is 5.16 Å². The summed E-state index contributed by atoms with van der Waals surface area (Å²) in [5, 5.41) is 3.79. The summed E-state index contributed by atoms with van der Waals surface area (Å²) in [6, 6.07) is 1.01. The Balaban J connectivity index is 1.94. The lowest BCUT2D eigenvalue weighted by Crippen LogP contribution is -2.39. The van der Waals surface area contributed by atoms with Gasteiger partial charge in [-0.05, 0) is 25.8 Å². The number of amides is 1. The van der Waals surface area contributed by atoms with Crippen molar-refractivity contribution in [3.05, 3.63) is 23.0 Å². The standard InChI is InChI=1S/C17H20F3N3O3/c1-10-8-12(17(18,19)20)14-15(22-26-16(14)21-10)11-4-3-6-23(9-11)13(24)5-7-25-2/h8,11H,3-7,9H2,1-2H3/t11-/m1/s1.